The largest absolute Gasteiger partial charge is 0.379 e. The average Bonchev–Trinajstić information content (AvgIpc) is 2.36. The number of anilines is 1. The first-order valence-electron chi connectivity index (χ1n) is 6.94. The van der Waals surface area contributed by atoms with Crippen LogP contribution < -0.4 is 5.32 Å². The molecular formula is C15H21N3O3. The van der Waals surface area contributed by atoms with Crippen LogP contribution in [0.1, 0.15) is 24.2 Å². The molecular weight excluding hydrogens is 270 g/mol. The van der Waals surface area contributed by atoms with Crippen LogP contribution >= 0.6 is 0 Å². The third-order valence-electron chi connectivity index (χ3n) is 3.93. The zero-order valence-electron chi connectivity index (χ0n) is 12.8. The zero-order valence-corrected chi connectivity index (χ0v) is 12.8. The highest BCUT2D eigenvalue weighted by Crippen LogP contribution is 2.36. The van der Waals surface area contributed by atoms with Crippen molar-refractivity contribution in [3.8, 4) is 0 Å². The molecule has 6 heteroatoms. The lowest BCUT2D eigenvalue weighted by molar-refractivity contribution is -0.166. The summed E-state index contributed by atoms with van der Waals surface area (Å²) in [5.74, 6) is 0.442. The van der Waals surface area contributed by atoms with Crippen LogP contribution in [0.3, 0.4) is 0 Å². The van der Waals surface area contributed by atoms with E-state index in [9.17, 15) is 9.59 Å². The van der Waals surface area contributed by atoms with Crippen molar-refractivity contribution >= 4 is 17.6 Å². The van der Waals surface area contributed by atoms with E-state index < -0.39 is 5.41 Å². The van der Waals surface area contributed by atoms with Gasteiger partial charge in [0.25, 0.3) is 5.91 Å². The number of carbonyl (C=O) groups is 2. The van der Waals surface area contributed by atoms with E-state index in [1.54, 1.807) is 26.2 Å². The number of amides is 2. The molecule has 1 saturated heterocycles. The third kappa shape index (κ3) is 2.90. The number of pyridine rings is 1. The zero-order chi connectivity index (χ0) is 15.6. The second-order valence-corrected chi connectivity index (χ2v) is 5.89. The van der Waals surface area contributed by atoms with E-state index >= 15 is 0 Å². The summed E-state index contributed by atoms with van der Waals surface area (Å²) >= 11 is 0. The number of nitrogens with zero attached hydrogens (tertiary/aromatic N) is 2. The first-order chi connectivity index (χ1) is 9.86. The van der Waals surface area contributed by atoms with Gasteiger partial charge in [0.15, 0.2) is 0 Å². The van der Waals surface area contributed by atoms with Crippen molar-refractivity contribution in [1.29, 1.82) is 0 Å². The molecule has 1 aromatic heterocycles. The minimum absolute atomic E-state index is 0.0806. The maximum atomic E-state index is 12.4. The highest BCUT2D eigenvalue weighted by molar-refractivity contribution is 5.96. The minimum atomic E-state index is -0.472. The van der Waals surface area contributed by atoms with Gasteiger partial charge in [-0.05, 0) is 18.1 Å². The van der Waals surface area contributed by atoms with Crippen LogP contribution in [0.15, 0.2) is 18.3 Å². The highest BCUT2D eigenvalue weighted by atomic mass is 16.5. The molecule has 1 aromatic rings. The van der Waals surface area contributed by atoms with Crippen molar-refractivity contribution in [2.24, 2.45) is 11.3 Å². The number of carbonyl (C=O) groups excluding carboxylic acids is 2. The van der Waals surface area contributed by atoms with Gasteiger partial charge in [0.05, 0.1) is 24.2 Å². The van der Waals surface area contributed by atoms with Crippen LogP contribution in [0.25, 0.3) is 0 Å². The predicted octanol–water partition coefficient (Wildman–Crippen LogP) is 1.39. The number of aromatic nitrogens is 1. The van der Waals surface area contributed by atoms with E-state index in [2.05, 4.69) is 10.3 Å². The van der Waals surface area contributed by atoms with Gasteiger partial charge in [-0.15, -0.1) is 0 Å². The van der Waals surface area contributed by atoms with Gasteiger partial charge in [-0.1, -0.05) is 13.8 Å². The first kappa shape index (κ1) is 15.4. The maximum Gasteiger partial charge on any atom is 0.254 e. The van der Waals surface area contributed by atoms with Gasteiger partial charge >= 0.3 is 0 Å². The molecule has 1 aliphatic rings. The summed E-state index contributed by atoms with van der Waals surface area (Å²) in [7, 11) is 3.36. The molecule has 1 fully saturated rings. The lowest BCUT2D eigenvalue weighted by Gasteiger charge is -2.42. The Morgan fingerprint density at radius 2 is 2.00 bits per heavy atom. The van der Waals surface area contributed by atoms with Crippen molar-refractivity contribution in [3.05, 3.63) is 23.9 Å². The van der Waals surface area contributed by atoms with Gasteiger partial charge in [-0.3, -0.25) is 9.59 Å². The molecule has 0 radical (unpaired) electrons. The van der Waals surface area contributed by atoms with Crippen LogP contribution in [-0.4, -0.2) is 49.0 Å². The van der Waals surface area contributed by atoms with Crippen molar-refractivity contribution in [3.63, 3.8) is 0 Å². The van der Waals surface area contributed by atoms with E-state index in [0.717, 1.165) is 0 Å². The van der Waals surface area contributed by atoms with Gasteiger partial charge in [0.1, 0.15) is 5.82 Å². The summed E-state index contributed by atoms with van der Waals surface area (Å²) in [5, 5.41) is 2.81. The van der Waals surface area contributed by atoms with Gasteiger partial charge < -0.3 is 15.0 Å². The molecule has 1 aliphatic heterocycles. The molecule has 0 aliphatic carbocycles. The standard InChI is InChI=1S/C15H21N3O3/c1-10(2)15(8-21-9-15)14(20)17-12-6-5-11(7-16-12)13(19)18(3)4/h5-7,10H,8-9H2,1-4H3,(H,16,17,20). The molecule has 0 bridgehead atoms. The van der Waals surface area contributed by atoms with Crippen molar-refractivity contribution in [1.82, 2.24) is 9.88 Å². The Balaban J connectivity index is 2.07. The quantitative estimate of drug-likeness (QED) is 0.910. The third-order valence-corrected chi connectivity index (χ3v) is 3.93. The van der Waals surface area contributed by atoms with Crippen molar-refractivity contribution in [2.45, 2.75) is 13.8 Å². The predicted molar refractivity (Wildman–Crippen MR) is 79.0 cm³/mol. The molecule has 0 saturated carbocycles. The molecule has 2 heterocycles. The molecule has 6 nitrogen and oxygen atoms in total. The van der Waals surface area contributed by atoms with Crippen LogP contribution in [-0.2, 0) is 9.53 Å². The SMILES string of the molecule is CC(C)C1(C(=O)Nc2ccc(C(=O)N(C)C)cn2)COC1. The molecule has 2 amide bonds. The fourth-order valence-electron chi connectivity index (χ4n) is 2.14. The minimum Gasteiger partial charge on any atom is -0.379 e. The van der Waals surface area contributed by atoms with Gasteiger partial charge in [-0.25, -0.2) is 4.98 Å². The second-order valence-electron chi connectivity index (χ2n) is 5.89. The molecule has 21 heavy (non-hydrogen) atoms. The number of nitrogens with one attached hydrogen (secondary N) is 1. The van der Waals surface area contributed by atoms with Crippen LogP contribution in [0.5, 0.6) is 0 Å². The molecule has 0 aromatic carbocycles. The molecule has 0 atom stereocenters. The van der Waals surface area contributed by atoms with E-state index in [1.807, 2.05) is 13.8 Å². The van der Waals surface area contributed by atoms with Crippen LogP contribution in [0, 0.1) is 11.3 Å². The lowest BCUT2D eigenvalue weighted by Crippen LogP contribution is -2.55. The van der Waals surface area contributed by atoms with Gasteiger partial charge in [0, 0.05) is 20.3 Å². The average molecular weight is 291 g/mol. The van der Waals surface area contributed by atoms with Crippen molar-refractivity contribution in [2.75, 3.05) is 32.6 Å². The maximum absolute atomic E-state index is 12.4. The Labute approximate surface area is 124 Å². The Hall–Kier alpha value is -1.95. The first-order valence-corrected chi connectivity index (χ1v) is 6.94. The van der Waals surface area contributed by atoms with E-state index in [4.69, 9.17) is 4.74 Å². The molecule has 114 valence electrons. The topological polar surface area (TPSA) is 71.5 Å². The summed E-state index contributed by atoms with van der Waals surface area (Å²) in [6.07, 6.45) is 1.47. The number of hydrogen-bond acceptors (Lipinski definition) is 4. The van der Waals surface area contributed by atoms with Gasteiger partial charge in [0.2, 0.25) is 5.91 Å². The summed E-state index contributed by atoms with van der Waals surface area (Å²) in [5.41, 5.74) is 0.0170. The fourth-order valence-corrected chi connectivity index (χ4v) is 2.14. The van der Waals surface area contributed by atoms with Crippen LogP contribution in [0.2, 0.25) is 0 Å². The molecule has 1 N–H and O–H groups in total. The number of rotatable bonds is 4. The van der Waals surface area contributed by atoms with Gasteiger partial charge in [-0.2, -0.15) is 0 Å². The Morgan fingerprint density at radius 3 is 2.38 bits per heavy atom. The monoisotopic (exact) mass is 291 g/mol. The smallest absolute Gasteiger partial charge is 0.254 e. The van der Waals surface area contributed by atoms with E-state index in [1.165, 1.54) is 11.1 Å². The summed E-state index contributed by atoms with van der Waals surface area (Å²) in [6.45, 7) is 4.89. The summed E-state index contributed by atoms with van der Waals surface area (Å²) in [4.78, 5) is 29.8. The molecule has 0 unspecified atom stereocenters. The van der Waals surface area contributed by atoms with Crippen LogP contribution in [0.4, 0.5) is 5.82 Å². The Morgan fingerprint density at radius 1 is 1.33 bits per heavy atom. The Kier molecular flexibility index (Phi) is 4.27. The normalized spacial score (nSPS) is 16.2. The molecule has 2 rings (SSSR count). The van der Waals surface area contributed by atoms with E-state index in [0.29, 0.717) is 24.6 Å². The fraction of sp³-hybridized carbons (Fsp3) is 0.533. The highest BCUT2D eigenvalue weighted by Gasteiger charge is 2.48. The molecule has 0 spiro atoms. The second kappa shape index (κ2) is 5.81. The summed E-state index contributed by atoms with van der Waals surface area (Å²) < 4.78 is 5.20. The number of hydrogen-bond donors (Lipinski definition) is 1. The number of ether oxygens (including phenoxy) is 1. The lowest BCUT2D eigenvalue weighted by atomic mass is 9.74. The van der Waals surface area contributed by atoms with Crippen molar-refractivity contribution < 1.29 is 14.3 Å². The summed E-state index contributed by atoms with van der Waals surface area (Å²) in [6, 6.07) is 3.30. The Bertz CT molecular complexity index is 534. The van der Waals surface area contributed by atoms with E-state index in [-0.39, 0.29) is 17.7 Å².